The number of hydrogen-bond donors (Lipinski definition) is 1. The molecule has 0 aliphatic heterocycles. The molecule has 2 aromatic rings. The lowest BCUT2D eigenvalue weighted by Crippen LogP contribution is -2.15. The summed E-state index contributed by atoms with van der Waals surface area (Å²) < 4.78 is 10.7. The molecule has 0 radical (unpaired) electrons. The van der Waals surface area contributed by atoms with Gasteiger partial charge in [-0.25, -0.2) is 4.79 Å². The van der Waals surface area contributed by atoms with E-state index < -0.39 is 0 Å². The zero-order valence-corrected chi connectivity index (χ0v) is 17.9. The first-order chi connectivity index (χ1) is 14.0. The van der Waals surface area contributed by atoms with Crippen molar-refractivity contribution in [2.45, 2.75) is 40.0 Å². The van der Waals surface area contributed by atoms with Crippen LogP contribution in [0.4, 0.5) is 5.00 Å². The van der Waals surface area contributed by atoms with Crippen LogP contribution in [0.1, 0.15) is 53.6 Å². The maximum absolute atomic E-state index is 12.5. The fourth-order valence-electron chi connectivity index (χ4n) is 3.43. The summed E-state index contributed by atoms with van der Waals surface area (Å²) in [6, 6.07) is 7.52. The van der Waals surface area contributed by atoms with Crippen molar-refractivity contribution in [1.82, 2.24) is 0 Å². The first-order valence-electron chi connectivity index (χ1n) is 10.0. The molecule has 0 saturated carbocycles. The molecule has 6 heteroatoms. The highest BCUT2D eigenvalue weighted by atomic mass is 32.1. The van der Waals surface area contributed by atoms with Crippen LogP contribution in [-0.4, -0.2) is 25.1 Å². The number of thiophene rings is 1. The van der Waals surface area contributed by atoms with E-state index in [9.17, 15) is 9.59 Å². The molecule has 1 atom stereocenters. The normalized spacial score (nSPS) is 15.8. The third-order valence-corrected chi connectivity index (χ3v) is 6.02. The van der Waals surface area contributed by atoms with E-state index in [2.05, 4.69) is 12.2 Å². The molecule has 1 N–H and O–H groups in total. The van der Waals surface area contributed by atoms with E-state index in [0.717, 1.165) is 36.1 Å². The second kappa shape index (κ2) is 9.74. The van der Waals surface area contributed by atoms with Gasteiger partial charge >= 0.3 is 5.97 Å². The van der Waals surface area contributed by atoms with Gasteiger partial charge in [0.1, 0.15) is 10.8 Å². The van der Waals surface area contributed by atoms with Crippen LogP contribution in [0.5, 0.6) is 5.75 Å². The summed E-state index contributed by atoms with van der Waals surface area (Å²) in [5, 5.41) is 3.48. The van der Waals surface area contributed by atoms with Crippen LogP contribution in [0.3, 0.4) is 0 Å². The molecule has 1 amide bonds. The predicted octanol–water partition coefficient (Wildman–Crippen LogP) is 5.10. The van der Waals surface area contributed by atoms with Gasteiger partial charge in [-0.2, -0.15) is 0 Å². The van der Waals surface area contributed by atoms with Gasteiger partial charge < -0.3 is 14.8 Å². The number of carbonyl (C=O) groups is 2. The van der Waals surface area contributed by atoms with E-state index in [1.807, 2.05) is 31.2 Å². The summed E-state index contributed by atoms with van der Waals surface area (Å²) in [6.07, 6.45) is 6.04. The molecule has 1 aliphatic carbocycles. The first-order valence-corrected chi connectivity index (χ1v) is 10.9. The lowest BCUT2D eigenvalue weighted by Gasteiger charge is -2.18. The summed E-state index contributed by atoms with van der Waals surface area (Å²) >= 11 is 1.49. The van der Waals surface area contributed by atoms with Gasteiger partial charge in [-0.3, -0.25) is 4.79 Å². The topological polar surface area (TPSA) is 64.6 Å². The van der Waals surface area contributed by atoms with Gasteiger partial charge in [-0.15, -0.1) is 11.3 Å². The molecule has 0 fully saturated rings. The molecule has 0 bridgehead atoms. The minimum atomic E-state index is -0.356. The Kier molecular flexibility index (Phi) is 7.09. The molecular weight excluding hydrogens is 386 g/mol. The van der Waals surface area contributed by atoms with Gasteiger partial charge in [0, 0.05) is 11.0 Å². The third kappa shape index (κ3) is 5.26. The van der Waals surface area contributed by atoms with Gasteiger partial charge in [-0.05, 0) is 68.4 Å². The number of anilines is 1. The maximum Gasteiger partial charge on any atom is 0.341 e. The Hall–Kier alpha value is -2.60. The lowest BCUT2D eigenvalue weighted by molar-refractivity contribution is -0.111. The Morgan fingerprint density at radius 3 is 2.66 bits per heavy atom. The molecular formula is C23H27NO4S. The largest absolute Gasteiger partial charge is 0.494 e. The van der Waals surface area contributed by atoms with Gasteiger partial charge in [0.15, 0.2) is 0 Å². The van der Waals surface area contributed by atoms with Crippen LogP contribution >= 0.6 is 11.3 Å². The van der Waals surface area contributed by atoms with E-state index >= 15 is 0 Å². The van der Waals surface area contributed by atoms with Crippen molar-refractivity contribution in [1.29, 1.82) is 0 Å². The number of esters is 1. The molecule has 5 nitrogen and oxygen atoms in total. The van der Waals surface area contributed by atoms with Crippen molar-refractivity contribution >= 4 is 34.3 Å². The summed E-state index contributed by atoms with van der Waals surface area (Å²) in [5.74, 6) is 0.757. The molecule has 1 aromatic carbocycles. The number of ether oxygens (including phenoxy) is 2. The standard InChI is InChI=1S/C23H27NO4S/c1-4-27-17-10-7-16(8-11-17)9-13-20(25)24-22-21(23(26)28-5-2)18-12-6-15(3)14-19(18)29-22/h7-11,13,15H,4-6,12,14H2,1-3H3,(H,24,25). The van der Waals surface area contributed by atoms with Crippen molar-refractivity contribution in [2.75, 3.05) is 18.5 Å². The number of fused-ring (bicyclic) bond motifs is 1. The molecule has 154 valence electrons. The van der Waals surface area contributed by atoms with E-state index in [0.29, 0.717) is 29.7 Å². The zero-order valence-electron chi connectivity index (χ0n) is 17.1. The monoisotopic (exact) mass is 413 g/mol. The summed E-state index contributed by atoms with van der Waals surface area (Å²) in [7, 11) is 0. The van der Waals surface area contributed by atoms with Crippen molar-refractivity contribution in [3.63, 3.8) is 0 Å². The highest BCUT2D eigenvalue weighted by molar-refractivity contribution is 7.17. The highest BCUT2D eigenvalue weighted by Gasteiger charge is 2.28. The predicted molar refractivity (Wildman–Crippen MR) is 117 cm³/mol. The fourth-order valence-corrected chi connectivity index (χ4v) is 4.83. The second-order valence-electron chi connectivity index (χ2n) is 7.10. The highest BCUT2D eigenvalue weighted by Crippen LogP contribution is 2.40. The number of rotatable bonds is 7. The zero-order chi connectivity index (χ0) is 20.8. The van der Waals surface area contributed by atoms with Crippen LogP contribution in [0, 0.1) is 5.92 Å². The van der Waals surface area contributed by atoms with Crippen LogP contribution in [0.2, 0.25) is 0 Å². The molecule has 29 heavy (non-hydrogen) atoms. The Labute approximate surface area is 175 Å². The van der Waals surface area contributed by atoms with Gasteiger partial charge in [0.05, 0.1) is 18.8 Å². The number of carbonyl (C=O) groups excluding carboxylic acids is 2. The van der Waals surface area contributed by atoms with Gasteiger partial charge in [-0.1, -0.05) is 19.1 Å². The Bertz CT molecular complexity index is 898. The Balaban J connectivity index is 1.76. The molecule has 1 aromatic heterocycles. The molecule has 1 aliphatic rings. The Morgan fingerprint density at radius 2 is 1.97 bits per heavy atom. The minimum absolute atomic E-state index is 0.268. The van der Waals surface area contributed by atoms with Crippen LogP contribution in [-0.2, 0) is 22.4 Å². The van der Waals surface area contributed by atoms with E-state index in [-0.39, 0.29) is 11.9 Å². The smallest absolute Gasteiger partial charge is 0.341 e. The number of amides is 1. The summed E-state index contributed by atoms with van der Waals surface area (Å²) in [5.41, 5.74) is 2.47. The summed E-state index contributed by atoms with van der Waals surface area (Å²) in [4.78, 5) is 26.2. The fraction of sp³-hybridized carbons (Fsp3) is 0.391. The van der Waals surface area contributed by atoms with Crippen LogP contribution in [0.15, 0.2) is 30.3 Å². The van der Waals surface area contributed by atoms with Crippen molar-refractivity contribution < 1.29 is 19.1 Å². The van der Waals surface area contributed by atoms with E-state index in [1.54, 1.807) is 13.0 Å². The number of benzene rings is 1. The number of nitrogens with one attached hydrogen (secondary N) is 1. The molecule has 1 heterocycles. The van der Waals surface area contributed by atoms with Crippen molar-refractivity contribution in [2.24, 2.45) is 5.92 Å². The average molecular weight is 414 g/mol. The third-order valence-electron chi connectivity index (χ3n) is 4.85. The van der Waals surface area contributed by atoms with E-state index in [4.69, 9.17) is 9.47 Å². The Morgan fingerprint density at radius 1 is 1.21 bits per heavy atom. The summed E-state index contributed by atoms with van der Waals surface area (Å²) in [6.45, 7) is 6.86. The second-order valence-corrected chi connectivity index (χ2v) is 8.21. The molecule has 3 rings (SSSR count). The van der Waals surface area contributed by atoms with Crippen molar-refractivity contribution in [3.05, 3.63) is 51.9 Å². The van der Waals surface area contributed by atoms with Crippen LogP contribution in [0.25, 0.3) is 6.08 Å². The van der Waals surface area contributed by atoms with E-state index in [1.165, 1.54) is 22.3 Å². The average Bonchev–Trinajstić information content (AvgIpc) is 3.04. The van der Waals surface area contributed by atoms with Crippen LogP contribution < -0.4 is 10.1 Å². The first kappa shape index (κ1) is 21.1. The SMILES string of the molecule is CCOC(=O)c1c(NC(=O)C=Cc2ccc(OCC)cc2)sc2c1CCC(C)C2. The van der Waals surface area contributed by atoms with Gasteiger partial charge in [0.2, 0.25) is 5.91 Å². The molecule has 0 spiro atoms. The van der Waals surface area contributed by atoms with Gasteiger partial charge in [0.25, 0.3) is 0 Å². The quantitative estimate of drug-likeness (QED) is 0.507. The number of hydrogen-bond acceptors (Lipinski definition) is 5. The maximum atomic E-state index is 12.5. The molecule has 1 unspecified atom stereocenters. The lowest BCUT2D eigenvalue weighted by atomic mass is 9.88. The van der Waals surface area contributed by atoms with Crippen molar-refractivity contribution in [3.8, 4) is 5.75 Å². The molecule has 0 saturated heterocycles. The minimum Gasteiger partial charge on any atom is -0.494 e.